The molecule has 0 aliphatic carbocycles. The van der Waals surface area contributed by atoms with Crippen LogP contribution >= 0.6 is 0 Å². The Balaban J connectivity index is 2.21. The molecule has 1 fully saturated rings. The van der Waals surface area contributed by atoms with E-state index in [4.69, 9.17) is 9.47 Å². The molecule has 0 aromatic heterocycles. The fourth-order valence-electron chi connectivity index (χ4n) is 1.93. The number of nitrogens with one attached hydrogen (secondary N) is 1. The largest absolute Gasteiger partial charge is 0.465 e. The van der Waals surface area contributed by atoms with Crippen LogP contribution in [0.1, 0.15) is 26.7 Å². The van der Waals surface area contributed by atoms with Crippen LogP contribution in [0.3, 0.4) is 0 Å². The van der Waals surface area contributed by atoms with E-state index in [1.165, 1.54) is 0 Å². The molecule has 104 valence electrons. The van der Waals surface area contributed by atoms with Gasteiger partial charge in [0.25, 0.3) is 0 Å². The SMILES string of the molecule is CCOC(=O)CNC(=O)N1CCC(OCC)CC1. The van der Waals surface area contributed by atoms with Crippen LogP contribution in [0.25, 0.3) is 0 Å². The molecule has 0 aromatic rings. The Labute approximate surface area is 108 Å². The van der Waals surface area contributed by atoms with Gasteiger partial charge in [0.05, 0.1) is 12.7 Å². The minimum Gasteiger partial charge on any atom is -0.465 e. The first-order valence-corrected chi connectivity index (χ1v) is 6.47. The fourth-order valence-corrected chi connectivity index (χ4v) is 1.93. The van der Waals surface area contributed by atoms with Gasteiger partial charge < -0.3 is 19.7 Å². The number of likely N-dealkylation sites (tertiary alicyclic amines) is 1. The van der Waals surface area contributed by atoms with Gasteiger partial charge in [-0.05, 0) is 26.7 Å². The highest BCUT2D eigenvalue weighted by Crippen LogP contribution is 2.13. The van der Waals surface area contributed by atoms with Gasteiger partial charge in [0, 0.05) is 19.7 Å². The molecular formula is C12H22N2O4. The van der Waals surface area contributed by atoms with Crippen LogP contribution in [0.2, 0.25) is 0 Å². The predicted octanol–water partition coefficient (Wildman–Crippen LogP) is 0.760. The van der Waals surface area contributed by atoms with Gasteiger partial charge in [-0.25, -0.2) is 4.79 Å². The number of piperidine rings is 1. The number of carbonyl (C=O) groups is 2. The third-order valence-electron chi connectivity index (χ3n) is 2.82. The van der Waals surface area contributed by atoms with E-state index in [1.807, 2.05) is 6.92 Å². The second-order valence-corrected chi connectivity index (χ2v) is 4.11. The van der Waals surface area contributed by atoms with Crippen LogP contribution in [0.5, 0.6) is 0 Å². The molecule has 1 N–H and O–H groups in total. The summed E-state index contributed by atoms with van der Waals surface area (Å²) in [6, 6.07) is -0.210. The maximum atomic E-state index is 11.7. The van der Waals surface area contributed by atoms with Gasteiger partial charge >= 0.3 is 12.0 Å². The standard InChI is InChI=1S/C12H22N2O4/c1-3-17-10-5-7-14(8-6-10)12(16)13-9-11(15)18-4-2/h10H,3-9H2,1-2H3,(H,13,16). The van der Waals surface area contributed by atoms with Crippen molar-refractivity contribution in [2.75, 3.05) is 32.8 Å². The summed E-state index contributed by atoms with van der Waals surface area (Å²) in [5.74, 6) is -0.407. The van der Waals surface area contributed by atoms with Crippen LogP contribution in [0.4, 0.5) is 4.79 Å². The van der Waals surface area contributed by atoms with Gasteiger partial charge in [-0.1, -0.05) is 0 Å². The first-order valence-electron chi connectivity index (χ1n) is 6.47. The maximum absolute atomic E-state index is 11.7. The lowest BCUT2D eigenvalue weighted by molar-refractivity contribution is -0.141. The Bertz CT molecular complexity index is 275. The van der Waals surface area contributed by atoms with Crippen LogP contribution in [0, 0.1) is 0 Å². The highest BCUT2D eigenvalue weighted by molar-refractivity contribution is 5.80. The number of hydrogen-bond acceptors (Lipinski definition) is 4. The average Bonchev–Trinajstić information content (AvgIpc) is 2.37. The first kappa shape index (κ1) is 14.8. The van der Waals surface area contributed by atoms with Crippen LogP contribution in [0.15, 0.2) is 0 Å². The molecule has 0 radical (unpaired) electrons. The molecule has 0 unspecified atom stereocenters. The quantitative estimate of drug-likeness (QED) is 0.739. The van der Waals surface area contributed by atoms with Crippen molar-refractivity contribution >= 4 is 12.0 Å². The Morgan fingerprint density at radius 3 is 2.44 bits per heavy atom. The summed E-state index contributed by atoms with van der Waals surface area (Å²) in [6.45, 7) is 6.00. The number of rotatable bonds is 5. The van der Waals surface area contributed by atoms with Crippen molar-refractivity contribution in [2.45, 2.75) is 32.8 Å². The highest BCUT2D eigenvalue weighted by atomic mass is 16.5. The monoisotopic (exact) mass is 258 g/mol. The predicted molar refractivity (Wildman–Crippen MR) is 66.3 cm³/mol. The summed E-state index contributed by atoms with van der Waals surface area (Å²) in [5.41, 5.74) is 0. The Morgan fingerprint density at radius 2 is 1.89 bits per heavy atom. The molecule has 6 nitrogen and oxygen atoms in total. The van der Waals surface area contributed by atoms with Crippen molar-refractivity contribution in [3.05, 3.63) is 0 Å². The molecule has 0 aromatic carbocycles. The smallest absolute Gasteiger partial charge is 0.325 e. The lowest BCUT2D eigenvalue weighted by atomic mass is 10.1. The molecule has 18 heavy (non-hydrogen) atoms. The molecule has 1 saturated heterocycles. The summed E-state index contributed by atoms with van der Waals surface area (Å²) >= 11 is 0. The molecule has 0 saturated carbocycles. The maximum Gasteiger partial charge on any atom is 0.325 e. The summed E-state index contributed by atoms with van der Waals surface area (Å²) in [7, 11) is 0. The van der Waals surface area contributed by atoms with Crippen molar-refractivity contribution in [1.82, 2.24) is 10.2 Å². The lowest BCUT2D eigenvalue weighted by Gasteiger charge is -2.31. The van der Waals surface area contributed by atoms with E-state index in [0.29, 0.717) is 26.3 Å². The van der Waals surface area contributed by atoms with Crippen molar-refractivity contribution in [3.63, 3.8) is 0 Å². The van der Waals surface area contributed by atoms with Gasteiger partial charge in [-0.3, -0.25) is 4.79 Å². The molecule has 1 heterocycles. The number of esters is 1. The zero-order valence-electron chi connectivity index (χ0n) is 11.1. The number of urea groups is 1. The molecule has 1 aliphatic rings. The number of ether oxygens (including phenoxy) is 2. The summed E-state index contributed by atoms with van der Waals surface area (Å²) in [4.78, 5) is 24.5. The average molecular weight is 258 g/mol. The van der Waals surface area contributed by atoms with E-state index in [2.05, 4.69) is 5.32 Å². The molecular weight excluding hydrogens is 236 g/mol. The van der Waals surface area contributed by atoms with Crippen molar-refractivity contribution in [2.24, 2.45) is 0 Å². The number of carbonyl (C=O) groups excluding carboxylic acids is 2. The molecule has 6 heteroatoms. The topological polar surface area (TPSA) is 67.9 Å². The van der Waals surface area contributed by atoms with Crippen LogP contribution in [-0.4, -0.2) is 55.9 Å². The molecule has 0 spiro atoms. The Hall–Kier alpha value is -1.30. The van der Waals surface area contributed by atoms with Gasteiger partial charge in [0.1, 0.15) is 6.54 Å². The normalized spacial score (nSPS) is 16.4. The minimum atomic E-state index is -0.407. The zero-order chi connectivity index (χ0) is 13.4. The molecule has 0 atom stereocenters. The summed E-state index contributed by atoms with van der Waals surface area (Å²) in [5, 5.41) is 2.56. The minimum absolute atomic E-state index is 0.0714. The highest BCUT2D eigenvalue weighted by Gasteiger charge is 2.23. The zero-order valence-corrected chi connectivity index (χ0v) is 11.1. The second-order valence-electron chi connectivity index (χ2n) is 4.11. The van der Waals surface area contributed by atoms with E-state index in [-0.39, 0.29) is 18.7 Å². The molecule has 0 bridgehead atoms. The molecule has 1 rings (SSSR count). The van der Waals surface area contributed by atoms with Crippen molar-refractivity contribution in [3.8, 4) is 0 Å². The van der Waals surface area contributed by atoms with Crippen molar-refractivity contribution in [1.29, 1.82) is 0 Å². The molecule has 1 aliphatic heterocycles. The number of nitrogens with zero attached hydrogens (tertiary/aromatic N) is 1. The van der Waals surface area contributed by atoms with Gasteiger partial charge in [-0.15, -0.1) is 0 Å². The fraction of sp³-hybridized carbons (Fsp3) is 0.833. The number of hydrogen-bond donors (Lipinski definition) is 1. The Morgan fingerprint density at radius 1 is 1.22 bits per heavy atom. The third-order valence-corrected chi connectivity index (χ3v) is 2.82. The van der Waals surface area contributed by atoms with E-state index < -0.39 is 5.97 Å². The van der Waals surface area contributed by atoms with Gasteiger partial charge in [-0.2, -0.15) is 0 Å². The summed E-state index contributed by atoms with van der Waals surface area (Å²) < 4.78 is 10.2. The van der Waals surface area contributed by atoms with E-state index in [9.17, 15) is 9.59 Å². The van der Waals surface area contributed by atoms with E-state index in [0.717, 1.165) is 12.8 Å². The molecule has 2 amide bonds. The number of amides is 2. The lowest BCUT2D eigenvalue weighted by Crippen LogP contribution is -2.47. The van der Waals surface area contributed by atoms with Crippen LogP contribution in [-0.2, 0) is 14.3 Å². The van der Waals surface area contributed by atoms with E-state index >= 15 is 0 Å². The third kappa shape index (κ3) is 4.91. The first-order chi connectivity index (χ1) is 8.67. The Kier molecular flexibility index (Phi) is 6.49. The van der Waals surface area contributed by atoms with Crippen molar-refractivity contribution < 1.29 is 19.1 Å². The van der Waals surface area contributed by atoms with E-state index in [1.54, 1.807) is 11.8 Å². The van der Waals surface area contributed by atoms with Crippen LogP contribution < -0.4 is 5.32 Å². The van der Waals surface area contributed by atoms with Gasteiger partial charge in [0.15, 0.2) is 0 Å². The summed E-state index contributed by atoms with van der Waals surface area (Å²) in [6.07, 6.45) is 1.95. The second kappa shape index (κ2) is 7.92. The van der Waals surface area contributed by atoms with Gasteiger partial charge in [0.2, 0.25) is 0 Å².